The minimum absolute atomic E-state index is 0.206. The van der Waals surface area contributed by atoms with Crippen molar-refractivity contribution in [3.8, 4) is 0 Å². The van der Waals surface area contributed by atoms with Crippen LogP contribution < -0.4 is 10.2 Å². The van der Waals surface area contributed by atoms with Crippen LogP contribution in [-0.2, 0) is 22.7 Å². The maximum absolute atomic E-state index is 14.2. The van der Waals surface area contributed by atoms with Gasteiger partial charge in [0.25, 0.3) is 0 Å². The molecule has 2 fully saturated rings. The van der Waals surface area contributed by atoms with Gasteiger partial charge in [-0.3, -0.25) is 19.8 Å². The van der Waals surface area contributed by atoms with Crippen molar-refractivity contribution in [3.05, 3.63) is 29.1 Å². The van der Waals surface area contributed by atoms with Crippen LogP contribution in [0.3, 0.4) is 0 Å². The Labute approximate surface area is 146 Å². The van der Waals surface area contributed by atoms with Gasteiger partial charge in [-0.15, -0.1) is 0 Å². The van der Waals surface area contributed by atoms with E-state index in [4.69, 9.17) is 0 Å². The summed E-state index contributed by atoms with van der Waals surface area (Å²) in [7, 11) is 2.10. The van der Waals surface area contributed by atoms with Crippen molar-refractivity contribution in [3.63, 3.8) is 0 Å². The van der Waals surface area contributed by atoms with Crippen molar-refractivity contribution in [1.82, 2.24) is 15.1 Å². The molecule has 7 heteroatoms. The molecule has 1 aromatic carbocycles. The highest BCUT2D eigenvalue weighted by Crippen LogP contribution is 2.35. The van der Waals surface area contributed by atoms with Crippen molar-refractivity contribution < 1.29 is 14.0 Å². The second-order valence-corrected chi connectivity index (χ2v) is 7.22. The molecule has 6 nitrogen and oxygen atoms in total. The number of halogens is 1. The third kappa shape index (κ3) is 3.14. The Morgan fingerprint density at radius 2 is 1.88 bits per heavy atom. The number of rotatable bonds is 2. The number of carbonyl (C=O) groups excluding carboxylic acids is 2. The highest BCUT2D eigenvalue weighted by Gasteiger charge is 2.36. The number of nitrogens with one attached hydrogen (secondary N) is 1. The smallest absolute Gasteiger partial charge is 0.243 e. The van der Waals surface area contributed by atoms with Gasteiger partial charge in [0.2, 0.25) is 11.8 Å². The molecule has 134 valence electrons. The van der Waals surface area contributed by atoms with Crippen molar-refractivity contribution in [2.75, 3.05) is 38.1 Å². The second kappa shape index (κ2) is 6.38. The average molecular weight is 346 g/mol. The molecule has 1 aromatic rings. The summed E-state index contributed by atoms with van der Waals surface area (Å²) in [5, 5.41) is 2.42. The normalized spacial score (nSPS) is 25.2. The number of piperazine rings is 1. The van der Waals surface area contributed by atoms with Crippen LogP contribution >= 0.6 is 0 Å². The fourth-order valence-electron chi connectivity index (χ4n) is 4.06. The van der Waals surface area contributed by atoms with Crippen molar-refractivity contribution in [1.29, 1.82) is 0 Å². The zero-order valence-electron chi connectivity index (χ0n) is 14.4. The summed E-state index contributed by atoms with van der Waals surface area (Å²) in [6, 6.07) is 2.90. The van der Waals surface area contributed by atoms with Gasteiger partial charge >= 0.3 is 0 Å². The molecule has 25 heavy (non-hydrogen) atoms. The summed E-state index contributed by atoms with van der Waals surface area (Å²) in [6.07, 6.45) is 0.897. The number of benzene rings is 1. The molecule has 2 amide bonds. The standard InChI is InChI=1S/C18H23FN4O2/c1-21-4-6-22(7-5-21)16-9-13(19)8-12-10-23(11-14(12)16)15-2-3-17(24)20-18(15)25/h8-9,15H,2-7,10-11H2,1H3,(H,20,24,25). The summed E-state index contributed by atoms with van der Waals surface area (Å²) in [5.41, 5.74) is 3.03. The number of hydrogen-bond donors (Lipinski definition) is 1. The predicted molar refractivity (Wildman–Crippen MR) is 91.5 cm³/mol. The molecule has 1 atom stereocenters. The van der Waals surface area contributed by atoms with E-state index in [0.717, 1.165) is 43.0 Å². The van der Waals surface area contributed by atoms with Crippen molar-refractivity contribution in [2.45, 2.75) is 32.0 Å². The summed E-state index contributed by atoms with van der Waals surface area (Å²) < 4.78 is 14.2. The molecule has 1 N–H and O–H groups in total. The quantitative estimate of drug-likeness (QED) is 0.799. The molecule has 4 rings (SSSR count). The molecule has 0 radical (unpaired) electrons. The Bertz CT molecular complexity index is 715. The minimum Gasteiger partial charge on any atom is -0.369 e. The van der Waals surface area contributed by atoms with E-state index in [2.05, 4.69) is 27.1 Å². The molecule has 0 spiro atoms. The second-order valence-electron chi connectivity index (χ2n) is 7.22. The number of nitrogens with zero attached hydrogens (tertiary/aromatic N) is 3. The monoisotopic (exact) mass is 346 g/mol. The third-order valence-electron chi connectivity index (χ3n) is 5.51. The third-order valence-corrected chi connectivity index (χ3v) is 5.51. The van der Waals surface area contributed by atoms with E-state index >= 15 is 0 Å². The number of anilines is 1. The number of imide groups is 1. The molecule has 2 saturated heterocycles. The number of hydrogen-bond acceptors (Lipinski definition) is 5. The fraction of sp³-hybridized carbons (Fsp3) is 0.556. The number of carbonyl (C=O) groups is 2. The number of fused-ring (bicyclic) bond motifs is 1. The minimum atomic E-state index is -0.312. The molecule has 3 heterocycles. The lowest BCUT2D eigenvalue weighted by Crippen LogP contribution is -2.50. The van der Waals surface area contributed by atoms with Crippen molar-refractivity contribution >= 4 is 17.5 Å². The van der Waals surface area contributed by atoms with E-state index in [1.54, 1.807) is 12.1 Å². The molecule has 0 bridgehead atoms. The zero-order valence-corrected chi connectivity index (χ0v) is 14.4. The van der Waals surface area contributed by atoms with Crippen LogP contribution in [0.5, 0.6) is 0 Å². The SMILES string of the molecule is CN1CCN(c2cc(F)cc3c2CN(C2CCC(=O)NC2=O)C3)CC1. The molecule has 1 unspecified atom stereocenters. The molecule has 0 aromatic heterocycles. The Morgan fingerprint density at radius 1 is 1.12 bits per heavy atom. The lowest BCUT2D eigenvalue weighted by Gasteiger charge is -2.35. The van der Waals surface area contributed by atoms with Crippen LogP contribution in [0.25, 0.3) is 0 Å². The van der Waals surface area contributed by atoms with Crippen LogP contribution in [0.15, 0.2) is 12.1 Å². The predicted octanol–water partition coefficient (Wildman–Crippen LogP) is 0.698. The molecule has 3 aliphatic heterocycles. The molecule has 0 saturated carbocycles. The Hall–Kier alpha value is -1.99. The van der Waals surface area contributed by atoms with E-state index < -0.39 is 0 Å². The number of piperidine rings is 1. The van der Waals surface area contributed by atoms with Crippen LogP contribution in [0, 0.1) is 5.82 Å². The van der Waals surface area contributed by atoms with Crippen LogP contribution in [-0.4, -0.2) is 60.9 Å². The van der Waals surface area contributed by atoms with Gasteiger partial charge in [-0.25, -0.2) is 4.39 Å². The highest BCUT2D eigenvalue weighted by molar-refractivity contribution is 6.00. The first kappa shape index (κ1) is 16.5. The lowest BCUT2D eigenvalue weighted by atomic mass is 10.0. The molecule has 3 aliphatic rings. The number of amides is 2. The van der Waals surface area contributed by atoms with E-state index in [-0.39, 0.29) is 23.7 Å². The van der Waals surface area contributed by atoms with Gasteiger partial charge < -0.3 is 9.80 Å². The first-order valence-corrected chi connectivity index (χ1v) is 8.84. The Kier molecular flexibility index (Phi) is 4.21. The van der Waals surface area contributed by atoms with Gasteiger partial charge in [0, 0.05) is 51.4 Å². The first-order chi connectivity index (χ1) is 12.0. The van der Waals surface area contributed by atoms with E-state index in [1.165, 1.54) is 0 Å². The summed E-state index contributed by atoms with van der Waals surface area (Å²) in [6.45, 7) is 4.86. The summed E-state index contributed by atoms with van der Waals surface area (Å²) in [4.78, 5) is 30.1. The molecular weight excluding hydrogens is 323 g/mol. The zero-order chi connectivity index (χ0) is 17.6. The van der Waals surface area contributed by atoms with Crippen LogP contribution in [0.2, 0.25) is 0 Å². The van der Waals surface area contributed by atoms with Gasteiger partial charge in [-0.1, -0.05) is 0 Å². The van der Waals surface area contributed by atoms with E-state index in [1.807, 2.05) is 0 Å². The van der Waals surface area contributed by atoms with E-state index in [9.17, 15) is 14.0 Å². The number of likely N-dealkylation sites (N-methyl/N-ethyl adjacent to an activating group) is 1. The van der Waals surface area contributed by atoms with Gasteiger partial charge in [-0.2, -0.15) is 0 Å². The summed E-state index contributed by atoms with van der Waals surface area (Å²) >= 11 is 0. The first-order valence-electron chi connectivity index (χ1n) is 8.84. The van der Waals surface area contributed by atoms with Gasteiger partial charge in [0.05, 0.1) is 6.04 Å². The molecular formula is C18H23FN4O2. The van der Waals surface area contributed by atoms with Gasteiger partial charge in [0.1, 0.15) is 5.82 Å². The van der Waals surface area contributed by atoms with Gasteiger partial charge in [0.15, 0.2) is 0 Å². The molecule has 0 aliphatic carbocycles. The topological polar surface area (TPSA) is 55.9 Å². The van der Waals surface area contributed by atoms with Crippen LogP contribution in [0.4, 0.5) is 10.1 Å². The summed E-state index contributed by atoms with van der Waals surface area (Å²) in [5.74, 6) is -0.661. The maximum Gasteiger partial charge on any atom is 0.243 e. The Balaban J connectivity index is 1.57. The van der Waals surface area contributed by atoms with E-state index in [0.29, 0.717) is 25.9 Å². The maximum atomic E-state index is 14.2. The largest absolute Gasteiger partial charge is 0.369 e. The average Bonchev–Trinajstić information content (AvgIpc) is 2.98. The lowest BCUT2D eigenvalue weighted by molar-refractivity contribution is -0.137. The van der Waals surface area contributed by atoms with Gasteiger partial charge in [-0.05, 0) is 36.7 Å². The van der Waals surface area contributed by atoms with Crippen LogP contribution in [0.1, 0.15) is 24.0 Å². The Morgan fingerprint density at radius 3 is 2.60 bits per heavy atom. The van der Waals surface area contributed by atoms with Crippen molar-refractivity contribution in [2.24, 2.45) is 0 Å². The highest BCUT2D eigenvalue weighted by atomic mass is 19.1. The fourth-order valence-corrected chi connectivity index (χ4v) is 4.06.